The van der Waals surface area contributed by atoms with Gasteiger partial charge in [0.05, 0.1) is 33.6 Å². The summed E-state index contributed by atoms with van der Waals surface area (Å²) in [7, 11) is 6.69. The molecule has 0 bridgehead atoms. The molecule has 1 atom stereocenters. The molecule has 0 aliphatic heterocycles. The summed E-state index contributed by atoms with van der Waals surface area (Å²) in [4.78, 5) is 12.8. The number of fused-ring (bicyclic) bond motifs is 3. The fourth-order valence-corrected chi connectivity index (χ4v) is 3.95. The molecule has 0 aromatic heterocycles. The van der Waals surface area contributed by atoms with Crippen LogP contribution in [0.3, 0.4) is 0 Å². The molecule has 156 valence electrons. The summed E-state index contributed by atoms with van der Waals surface area (Å²) in [6.07, 6.45) is 1.61. The van der Waals surface area contributed by atoms with Gasteiger partial charge in [-0.15, -0.1) is 0 Å². The van der Waals surface area contributed by atoms with Crippen LogP contribution in [0.5, 0.6) is 17.2 Å². The van der Waals surface area contributed by atoms with Gasteiger partial charge < -0.3 is 30.0 Å². The van der Waals surface area contributed by atoms with Gasteiger partial charge in [-0.1, -0.05) is 6.07 Å². The van der Waals surface area contributed by atoms with Gasteiger partial charge in [-0.3, -0.25) is 4.79 Å². The minimum absolute atomic E-state index is 0.00453. The Kier molecular flexibility index (Phi) is 6.61. The number of rotatable bonds is 7. The fourth-order valence-electron chi connectivity index (χ4n) is 3.95. The predicted molar refractivity (Wildman–Crippen MR) is 114 cm³/mol. The number of anilines is 1. The highest BCUT2D eigenvalue weighted by atomic mass is 16.5. The lowest BCUT2D eigenvalue weighted by atomic mass is 9.95. The number of ether oxygens (including phenoxy) is 3. The van der Waals surface area contributed by atoms with Crippen LogP contribution >= 0.6 is 0 Å². The maximum absolute atomic E-state index is 12.8. The largest absolute Gasteiger partial charge is 0.493 e. The van der Waals surface area contributed by atoms with E-state index in [1.54, 1.807) is 33.5 Å². The zero-order valence-electron chi connectivity index (χ0n) is 17.3. The molecule has 29 heavy (non-hydrogen) atoms. The highest BCUT2D eigenvalue weighted by Crippen LogP contribution is 2.50. The Bertz CT molecular complexity index is 945. The van der Waals surface area contributed by atoms with E-state index < -0.39 is 0 Å². The fraction of sp³-hybridized carbons (Fsp3) is 0.409. The average molecular weight is 400 g/mol. The maximum Gasteiger partial charge on any atom is 0.203 e. The number of methoxy groups -OCH3 is 3. The molecule has 2 aromatic carbocycles. The zero-order valence-corrected chi connectivity index (χ0v) is 17.3. The second-order valence-electron chi connectivity index (χ2n) is 6.83. The lowest BCUT2D eigenvalue weighted by molar-refractivity contribution is 0.311. The molecule has 1 aliphatic carbocycles. The van der Waals surface area contributed by atoms with Crippen LogP contribution in [0.1, 0.15) is 23.6 Å². The molecule has 0 fully saturated rings. The van der Waals surface area contributed by atoms with Gasteiger partial charge in [-0.2, -0.15) is 0 Å². The molecule has 0 radical (unpaired) electrons. The van der Waals surface area contributed by atoms with Crippen molar-refractivity contribution in [3.05, 3.63) is 45.6 Å². The van der Waals surface area contributed by atoms with E-state index in [0.29, 0.717) is 29.5 Å². The molecule has 1 unspecified atom stereocenters. The van der Waals surface area contributed by atoms with Crippen molar-refractivity contribution in [2.75, 3.05) is 46.8 Å². The normalized spacial score (nSPS) is 15.0. The first-order valence-corrected chi connectivity index (χ1v) is 9.62. The summed E-state index contributed by atoms with van der Waals surface area (Å²) in [5.74, 6) is 1.72. The second-order valence-corrected chi connectivity index (χ2v) is 6.83. The molecule has 3 N–H and O–H groups in total. The van der Waals surface area contributed by atoms with Crippen LogP contribution in [0, 0.1) is 0 Å². The highest BCUT2D eigenvalue weighted by Gasteiger charge is 2.28. The first-order chi connectivity index (χ1) is 14.1. The summed E-state index contributed by atoms with van der Waals surface area (Å²) < 4.78 is 16.9. The molecule has 3 rings (SSSR count). The Hall–Kier alpha value is -2.77. The van der Waals surface area contributed by atoms with E-state index in [-0.39, 0.29) is 18.1 Å². The SMILES string of the molecule is CNC1CCc2cc(OC)c(OC)c(OC)c2-c2ccc(NCCO)c(=O)cc21. The van der Waals surface area contributed by atoms with E-state index in [1.807, 2.05) is 19.2 Å². The molecule has 0 saturated carbocycles. The predicted octanol–water partition coefficient (Wildman–Crippen LogP) is 2.35. The van der Waals surface area contributed by atoms with Crippen molar-refractivity contribution in [3.63, 3.8) is 0 Å². The lowest BCUT2D eigenvalue weighted by Crippen LogP contribution is -2.18. The van der Waals surface area contributed by atoms with Gasteiger partial charge in [0.25, 0.3) is 0 Å². The zero-order chi connectivity index (χ0) is 21.0. The molecule has 7 heteroatoms. The van der Waals surface area contributed by atoms with E-state index in [0.717, 1.165) is 35.1 Å². The van der Waals surface area contributed by atoms with Gasteiger partial charge in [0.1, 0.15) is 0 Å². The Labute approximate surface area is 170 Å². The second kappa shape index (κ2) is 9.15. The Morgan fingerprint density at radius 2 is 1.86 bits per heavy atom. The summed E-state index contributed by atoms with van der Waals surface area (Å²) in [6.45, 7) is 0.259. The van der Waals surface area contributed by atoms with Crippen LogP contribution < -0.4 is 30.3 Å². The lowest BCUT2D eigenvalue weighted by Gasteiger charge is -2.19. The molecular formula is C22H28N2O5. The number of hydrogen-bond donors (Lipinski definition) is 3. The number of aliphatic hydroxyl groups is 1. The summed E-state index contributed by atoms with van der Waals surface area (Å²) >= 11 is 0. The van der Waals surface area contributed by atoms with E-state index >= 15 is 0 Å². The maximum atomic E-state index is 12.8. The van der Waals surface area contributed by atoms with Crippen molar-refractivity contribution in [2.45, 2.75) is 18.9 Å². The molecule has 0 heterocycles. The minimum atomic E-state index is -0.122. The Morgan fingerprint density at radius 3 is 2.48 bits per heavy atom. The Morgan fingerprint density at radius 1 is 1.10 bits per heavy atom. The third-order valence-electron chi connectivity index (χ3n) is 5.31. The summed E-state index contributed by atoms with van der Waals surface area (Å²) in [5.41, 5.74) is 4.11. The minimum Gasteiger partial charge on any atom is -0.493 e. The monoisotopic (exact) mass is 400 g/mol. The van der Waals surface area contributed by atoms with Crippen LogP contribution in [0.15, 0.2) is 29.1 Å². The standard InChI is InChI=1S/C22H28N2O5/c1-23-16-7-5-13-11-19(27-2)21(28-3)22(29-4)20(13)14-6-8-17(24-9-10-25)18(26)12-15(14)16/h6,8,11-12,16,23,25H,5,7,9-10H2,1-4H3,(H,24,26). The van der Waals surface area contributed by atoms with Crippen LogP contribution in [0.2, 0.25) is 0 Å². The van der Waals surface area contributed by atoms with Crippen molar-refractivity contribution >= 4 is 5.69 Å². The number of benzene rings is 1. The molecule has 0 saturated heterocycles. The quantitative estimate of drug-likeness (QED) is 0.657. The third-order valence-corrected chi connectivity index (χ3v) is 5.31. The van der Waals surface area contributed by atoms with Crippen molar-refractivity contribution in [2.24, 2.45) is 0 Å². The van der Waals surface area contributed by atoms with Crippen LogP contribution in [-0.4, -0.2) is 46.6 Å². The van der Waals surface area contributed by atoms with Gasteiger partial charge in [0.2, 0.25) is 11.2 Å². The van der Waals surface area contributed by atoms with Gasteiger partial charge in [-0.25, -0.2) is 0 Å². The number of aliphatic hydroxyl groups excluding tert-OH is 1. The molecule has 0 spiro atoms. The smallest absolute Gasteiger partial charge is 0.203 e. The third kappa shape index (κ3) is 3.88. The highest BCUT2D eigenvalue weighted by molar-refractivity contribution is 5.83. The van der Waals surface area contributed by atoms with Gasteiger partial charge in [0.15, 0.2) is 11.5 Å². The van der Waals surface area contributed by atoms with Crippen molar-refractivity contribution in [1.29, 1.82) is 0 Å². The molecular weight excluding hydrogens is 372 g/mol. The first kappa shape index (κ1) is 21.0. The average Bonchev–Trinajstić information content (AvgIpc) is 2.98. The van der Waals surface area contributed by atoms with E-state index in [9.17, 15) is 4.79 Å². The number of hydrogen-bond acceptors (Lipinski definition) is 7. The molecule has 1 aliphatic rings. The van der Waals surface area contributed by atoms with Crippen molar-refractivity contribution < 1.29 is 19.3 Å². The van der Waals surface area contributed by atoms with E-state index in [1.165, 1.54) is 0 Å². The molecule has 0 amide bonds. The molecule has 2 aromatic rings. The van der Waals surface area contributed by atoms with Gasteiger partial charge in [0, 0.05) is 18.2 Å². The number of aryl methyl sites for hydroxylation is 1. The van der Waals surface area contributed by atoms with Gasteiger partial charge in [-0.05, 0) is 54.8 Å². The number of nitrogens with one attached hydrogen (secondary N) is 2. The summed E-state index contributed by atoms with van der Waals surface area (Å²) in [5, 5.41) is 15.4. The van der Waals surface area contributed by atoms with Crippen molar-refractivity contribution in [1.82, 2.24) is 5.32 Å². The van der Waals surface area contributed by atoms with Crippen molar-refractivity contribution in [3.8, 4) is 28.4 Å². The van der Waals surface area contributed by atoms with Crippen LogP contribution in [0.4, 0.5) is 5.69 Å². The van der Waals surface area contributed by atoms with E-state index in [2.05, 4.69) is 10.6 Å². The topological polar surface area (TPSA) is 89.1 Å². The first-order valence-electron chi connectivity index (χ1n) is 9.62. The Balaban J connectivity index is 2.35. The van der Waals surface area contributed by atoms with Gasteiger partial charge >= 0.3 is 0 Å². The van der Waals surface area contributed by atoms with Crippen LogP contribution in [-0.2, 0) is 6.42 Å². The molecule has 7 nitrogen and oxygen atoms in total. The van der Waals surface area contributed by atoms with Crippen LogP contribution in [0.25, 0.3) is 11.1 Å². The summed E-state index contributed by atoms with van der Waals surface area (Å²) in [6, 6.07) is 7.34. The van der Waals surface area contributed by atoms with E-state index in [4.69, 9.17) is 19.3 Å².